The molecule has 0 fully saturated rings. The standard InChI is InChI=1S/C15H27BrO4S2/c1-2-10-19-14(17)7-12-21-22-13-8-15(18)20-11-6-4-3-5-9-16/h2-13H2,1H3. The number of hydrogen-bond acceptors (Lipinski definition) is 6. The largest absolute Gasteiger partial charge is 0.466 e. The molecule has 7 heteroatoms. The second-order valence-electron chi connectivity index (χ2n) is 4.69. The van der Waals surface area contributed by atoms with E-state index in [0.29, 0.717) is 26.1 Å². The van der Waals surface area contributed by atoms with Crippen LogP contribution in [0.25, 0.3) is 0 Å². The van der Waals surface area contributed by atoms with E-state index in [2.05, 4.69) is 15.9 Å². The van der Waals surface area contributed by atoms with E-state index in [1.165, 1.54) is 12.8 Å². The highest BCUT2D eigenvalue weighted by Crippen LogP contribution is 2.23. The Bertz CT molecular complexity index is 291. The molecule has 0 amide bonds. The van der Waals surface area contributed by atoms with Gasteiger partial charge in [-0.3, -0.25) is 9.59 Å². The molecule has 0 bridgehead atoms. The number of hydrogen-bond donors (Lipinski definition) is 0. The monoisotopic (exact) mass is 414 g/mol. The van der Waals surface area contributed by atoms with Crippen LogP contribution >= 0.6 is 37.5 Å². The molecular weight excluding hydrogens is 388 g/mol. The highest BCUT2D eigenvalue weighted by molar-refractivity contribution is 9.09. The van der Waals surface area contributed by atoms with Gasteiger partial charge < -0.3 is 9.47 Å². The van der Waals surface area contributed by atoms with E-state index in [0.717, 1.165) is 36.1 Å². The van der Waals surface area contributed by atoms with Crippen LogP contribution in [0.5, 0.6) is 0 Å². The van der Waals surface area contributed by atoms with Gasteiger partial charge in [0.2, 0.25) is 0 Å². The minimum atomic E-state index is -0.144. The van der Waals surface area contributed by atoms with Crippen molar-refractivity contribution in [1.29, 1.82) is 0 Å². The molecule has 0 aliphatic heterocycles. The molecule has 0 aliphatic carbocycles. The zero-order valence-electron chi connectivity index (χ0n) is 13.3. The molecule has 0 atom stereocenters. The Morgan fingerprint density at radius 2 is 1.41 bits per heavy atom. The molecule has 4 nitrogen and oxygen atoms in total. The molecule has 0 spiro atoms. The van der Waals surface area contributed by atoms with Crippen molar-refractivity contribution in [1.82, 2.24) is 0 Å². The third-order valence-corrected chi connectivity index (χ3v) is 5.59. The van der Waals surface area contributed by atoms with Crippen molar-refractivity contribution in [3.8, 4) is 0 Å². The van der Waals surface area contributed by atoms with Crippen molar-refractivity contribution < 1.29 is 19.1 Å². The molecule has 0 unspecified atom stereocenters. The molecule has 130 valence electrons. The molecule has 0 radical (unpaired) electrons. The van der Waals surface area contributed by atoms with Crippen LogP contribution in [0.4, 0.5) is 0 Å². The Balaban J connectivity index is 3.26. The van der Waals surface area contributed by atoms with E-state index in [1.807, 2.05) is 6.92 Å². The molecule has 0 aliphatic rings. The van der Waals surface area contributed by atoms with Crippen LogP contribution in [0.3, 0.4) is 0 Å². The molecule has 0 aromatic rings. The number of unbranched alkanes of at least 4 members (excludes halogenated alkanes) is 3. The van der Waals surface area contributed by atoms with Crippen molar-refractivity contribution in [3.63, 3.8) is 0 Å². The van der Waals surface area contributed by atoms with Crippen molar-refractivity contribution in [2.45, 2.75) is 51.9 Å². The summed E-state index contributed by atoms with van der Waals surface area (Å²) in [5, 5.41) is 1.04. The second kappa shape index (κ2) is 17.5. The minimum absolute atomic E-state index is 0.129. The summed E-state index contributed by atoms with van der Waals surface area (Å²) < 4.78 is 10.1. The number of carbonyl (C=O) groups is 2. The van der Waals surface area contributed by atoms with Crippen LogP contribution < -0.4 is 0 Å². The summed E-state index contributed by atoms with van der Waals surface area (Å²) in [4.78, 5) is 22.7. The van der Waals surface area contributed by atoms with Gasteiger partial charge in [0.15, 0.2) is 0 Å². The SMILES string of the molecule is CCCOC(=O)CCSSCCC(=O)OCCCCCCBr. The van der Waals surface area contributed by atoms with Crippen molar-refractivity contribution in [2.24, 2.45) is 0 Å². The molecule has 0 heterocycles. The Kier molecular flexibility index (Phi) is 17.6. The van der Waals surface area contributed by atoms with Gasteiger partial charge in [-0.1, -0.05) is 57.3 Å². The van der Waals surface area contributed by atoms with Crippen molar-refractivity contribution in [2.75, 3.05) is 30.0 Å². The average Bonchev–Trinajstić information content (AvgIpc) is 2.52. The predicted octanol–water partition coefficient (Wildman–Crippen LogP) is 4.60. The first-order valence-corrected chi connectivity index (χ1v) is 11.4. The lowest BCUT2D eigenvalue weighted by Crippen LogP contribution is -2.07. The van der Waals surface area contributed by atoms with Crippen molar-refractivity contribution in [3.05, 3.63) is 0 Å². The van der Waals surface area contributed by atoms with Crippen LogP contribution in [0, 0.1) is 0 Å². The highest BCUT2D eigenvalue weighted by Gasteiger charge is 2.05. The van der Waals surface area contributed by atoms with Gasteiger partial charge in [0.1, 0.15) is 0 Å². The fourth-order valence-electron chi connectivity index (χ4n) is 1.46. The molecule has 22 heavy (non-hydrogen) atoms. The maximum Gasteiger partial charge on any atom is 0.306 e. The summed E-state index contributed by atoms with van der Waals surface area (Å²) in [6.45, 7) is 3.00. The zero-order valence-corrected chi connectivity index (χ0v) is 16.5. The topological polar surface area (TPSA) is 52.6 Å². The van der Waals surface area contributed by atoms with Gasteiger partial charge in [-0.25, -0.2) is 0 Å². The molecule has 0 aromatic carbocycles. The lowest BCUT2D eigenvalue weighted by atomic mass is 10.2. The van der Waals surface area contributed by atoms with Gasteiger partial charge in [-0.15, -0.1) is 0 Å². The number of carbonyl (C=O) groups excluding carboxylic acids is 2. The second-order valence-corrected chi connectivity index (χ2v) is 8.18. The van der Waals surface area contributed by atoms with Crippen LogP contribution in [0.1, 0.15) is 51.9 Å². The first-order chi connectivity index (χ1) is 10.7. The van der Waals surface area contributed by atoms with Gasteiger partial charge in [-0.2, -0.15) is 0 Å². The first kappa shape index (κ1) is 22.1. The average molecular weight is 415 g/mol. The summed E-state index contributed by atoms with van der Waals surface area (Å²) in [6.07, 6.45) is 6.12. The summed E-state index contributed by atoms with van der Waals surface area (Å²) in [6, 6.07) is 0. The van der Waals surface area contributed by atoms with Crippen LogP contribution in [0.15, 0.2) is 0 Å². The van der Waals surface area contributed by atoms with Crippen LogP contribution in [-0.2, 0) is 19.1 Å². The minimum Gasteiger partial charge on any atom is -0.466 e. The number of esters is 2. The summed E-state index contributed by atoms with van der Waals surface area (Å²) in [5.74, 6) is 1.16. The number of rotatable bonds is 15. The number of halogens is 1. The normalized spacial score (nSPS) is 10.5. The maximum absolute atomic E-state index is 11.5. The van der Waals surface area contributed by atoms with E-state index >= 15 is 0 Å². The molecule has 0 N–H and O–H groups in total. The van der Waals surface area contributed by atoms with Crippen LogP contribution in [-0.4, -0.2) is 42.0 Å². The van der Waals surface area contributed by atoms with Gasteiger partial charge in [-0.05, 0) is 19.3 Å². The van der Waals surface area contributed by atoms with Crippen LogP contribution in [0.2, 0.25) is 0 Å². The van der Waals surface area contributed by atoms with E-state index in [9.17, 15) is 9.59 Å². The summed E-state index contributed by atoms with van der Waals surface area (Å²) >= 11 is 3.39. The highest BCUT2D eigenvalue weighted by atomic mass is 79.9. The smallest absolute Gasteiger partial charge is 0.306 e. The lowest BCUT2D eigenvalue weighted by molar-refractivity contribution is -0.144. The van der Waals surface area contributed by atoms with Gasteiger partial charge in [0, 0.05) is 16.8 Å². The van der Waals surface area contributed by atoms with Crippen molar-refractivity contribution >= 4 is 49.5 Å². The van der Waals surface area contributed by atoms with Gasteiger partial charge in [0.05, 0.1) is 26.1 Å². The lowest BCUT2D eigenvalue weighted by Gasteiger charge is -2.05. The van der Waals surface area contributed by atoms with E-state index < -0.39 is 0 Å². The Morgan fingerprint density at radius 1 is 0.864 bits per heavy atom. The molecule has 0 rings (SSSR count). The van der Waals surface area contributed by atoms with E-state index in [1.54, 1.807) is 21.6 Å². The molecule has 0 saturated carbocycles. The quantitative estimate of drug-likeness (QED) is 0.169. The third kappa shape index (κ3) is 16.5. The Hall–Kier alpha value is 0.120. The molecule has 0 aromatic heterocycles. The van der Waals surface area contributed by atoms with Gasteiger partial charge >= 0.3 is 11.9 Å². The fraction of sp³-hybridized carbons (Fsp3) is 0.867. The maximum atomic E-state index is 11.5. The fourth-order valence-corrected chi connectivity index (χ4v) is 3.80. The first-order valence-electron chi connectivity index (χ1n) is 7.82. The molecule has 0 saturated heterocycles. The van der Waals surface area contributed by atoms with E-state index in [-0.39, 0.29) is 11.9 Å². The zero-order chi connectivity index (χ0) is 16.5. The summed E-state index contributed by atoms with van der Waals surface area (Å²) in [5.41, 5.74) is 0. The number of alkyl halides is 1. The molecular formula is C15H27BrO4S2. The third-order valence-electron chi connectivity index (χ3n) is 2.62. The van der Waals surface area contributed by atoms with Gasteiger partial charge in [0.25, 0.3) is 0 Å². The predicted molar refractivity (Wildman–Crippen MR) is 98.6 cm³/mol. The Morgan fingerprint density at radius 3 is 1.95 bits per heavy atom. The van der Waals surface area contributed by atoms with E-state index in [4.69, 9.17) is 9.47 Å². The number of ether oxygens (including phenoxy) is 2. The summed E-state index contributed by atoms with van der Waals surface area (Å²) in [7, 11) is 3.20. The Labute approximate surface area is 150 Å².